The van der Waals surface area contributed by atoms with Gasteiger partial charge in [-0.1, -0.05) is 19.6 Å². The Hall–Kier alpha value is -7.72. The summed E-state index contributed by atoms with van der Waals surface area (Å²) in [4.78, 5) is 80.1. The molecule has 10 rings (SSSR count). The lowest BCUT2D eigenvalue weighted by Crippen LogP contribution is -2.63. The van der Waals surface area contributed by atoms with Crippen LogP contribution in [0.3, 0.4) is 0 Å². The first-order chi connectivity index (χ1) is 34.7. The van der Waals surface area contributed by atoms with Crippen molar-refractivity contribution in [2.75, 3.05) is 115 Å². The van der Waals surface area contributed by atoms with Crippen LogP contribution in [0.1, 0.15) is 58.1 Å². The van der Waals surface area contributed by atoms with Gasteiger partial charge < -0.3 is 56.9 Å². The molecule has 2 aromatic heterocycles. The summed E-state index contributed by atoms with van der Waals surface area (Å²) in [6, 6.07) is 18.8. The van der Waals surface area contributed by atoms with Crippen LogP contribution in [0.15, 0.2) is 73.1 Å². The number of piperazine rings is 2. The van der Waals surface area contributed by atoms with Gasteiger partial charge in [0.15, 0.2) is 6.20 Å². The van der Waals surface area contributed by atoms with Crippen LogP contribution in [0.2, 0.25) is 0 Å². The smallest absolute Gasteiger partial charge is 0.363 e. The predicted molar refractivity (Wildman–Crippen MR) is 283 cm³/mol. The molecule has 6 aliphatic heterocycles. The van der Waals surface area contributed by atoms with E-state index in [1.807, 2.05) is 48.7 Å². The van der Waals surface area contributed by atoms with E-state index in [1.54, 1.807) is 26.1 Å². The average Bonchev–Trinajstić information content (AvgIpc) is 3.33. The number of carbonyl (C=O) groups is 4. The second kappa shape index (κ2) is 22.4. The highest BCUT2D eigenvalue weighted by molar-refractivity contribution is 6.09. The summed E-state index contributed by atoms with van der Waals surface area (Å²) in [5.74, 6) is -0.730. The number of carbonyl (C=O) groups excluding carboxylic acids is 4. The maximum Gasteiger partial charge on any atom is 0.363 e. The Bertz CT molecular complexity index is 2710. The highest BCUT2D eigenvalue weighted by Crippen LogP contribution is 2.34. The van der Waals surface area contributed by atoms with Crippen LogP contribution in [-0.2, 0) is 19.2 Å². The normalized spacial score (nSPS) is 20.8. The highest BCUT2D eigenvalue weighted by atomic mass is 16.6. The van der Waals surface area contributed by atoms with Gasteiger partial charge in [-0.25, -0.2) is 4.98 Å². The van der Waals surface area contributed by atoms with E-state index >= 15 is 0 Å². The number of hydrogen-bond donors (Lipinski definition) is 7. The molecule has 6 saturated heterocycles. The molecule has 6 fully saturated rings. The fourth-order valence-corrected chi connectivity index (χ4v) is 10.4. The van der Waals surface area contributed by atoms with Gasteiger partial charge in [0, 0.05) is 155 Å². The average molecular weight is 999 g/mol. The Balaban J connectivity index is 0.000000192. The third-order valence-corrected chi connectivity index (χ3v) is 14.5. The molecule has 0 saturated carbocycles. The second-order valence-corrected chi connectivity index (χ2v) is 19.2. The van der Waals surface area contributed by atoms with Crippen LogP contribution in [0.25, 0.3) is 0 Å². The number of imide groups is 2. The Kier molecular flexibility index (Phi) is 15.8. The summed E-state index contributed by atoms with van der Waals surface area (Å²) in [7, 11) is 0. The lowest BCUT2D eigenvalue weighted by molar-refractivity contribution is -0.389. The minimum Gasteiger partial charge on any atom is -0.384 e. The van der Waals surface area contributed by atoms with Crippen LogP contribution < -0.4 is 46.6 Å². The zero-order chi connectivity index (χ0) is 50.6. The van der Waals surface area contributed by atoms with Crippen LogP contribution >= 0.6 is 0 Å². The molecule has 386 valence electrons. The molecular formula is C51H66N16O6. The van der Waals surface area contributed by atoms with E-state index in [2.05, 4.69) is 66.7 Å². The monoisotopic (exact) mass is 999 g/mol. The molecule has 73 heavy (non-hydrogen) atoms. The van der Waals surface area contributed by atoms with E-state index < -0.39 is 17.0 Å². The van der Waals surface area contributed by atoms with E-state index in [0.717, 1.165) is 124 Å². The van der Waals surface area contributed by atoms with Crippen LogP contribution in [0.5, 0.6) is 0 Å². The molecule has 8 N–H and O–H groups in total. The van der Waals surface area contributed by atoms with Gasteiger partial charge in [0.1, 0.15) is 17.9 Å². The Morgan fingerprint density at radius 1 is 0.630 bits per heavy atom. The zero-order valence-corrected chi connectivity index (χ0v) is 40.6. The number of anilines is 7. The van der Waals surface area contributed by atoms with E-state index in [0.29, 0.717) is 55.0 Å². The molecule has 4 aromatic rings. The van der Waals surface area contributed by atoms with Gasteiger partial charge >= 0.3 is 5.82 Å². The highest BCUT2D eigenvalue weighted by Gasteiger charge is 2.37. The molecule has 4 amide bonds. The fourth-order valence-electron chi connectivity index (χ4n) is 10.4. The first kappa shape index (κ1) is 51.6. The van der Waals surface area contributed by atoms with Crippen molar-refractivity contribution in [3.63, 3.8) is 0 Å². The molecule has 0 aliphatic carbocycles. The maximum absolute atomic E-state index is 12.3. The largest absolute Gasteiger partial charge is 0.384 e. The van der Waals surface area contributed by atoms with Crippen molar-refractivity contribution in [3.8, 4) is 0 Å². The minimum absolute atomic E-state index is 0. The number of benzene rings is 2. The lowest BCUT2D eigenvalue weighted by atomic mass is 10.0. The summed E-state index contributed by atoms with van der Waals surface area (Å²) in [6.07, 6.45) is 4.89. The summed E-state index contributed by atoms with van der Waals surface area (Å²) in [6.45, 7) is 14.3. The number of hydrogen-bond acceptors (Lipinski definition) is 19. The molecule has 2 aromatic carbocycles. The van der Waals surface area contributed by atoms with Crippen LogP contribution in [0, 0.1) is 20.9 Å². The number of rotatable bonds is 13. The molecule has 22 nitrogen and oxygen atoms in total. The predicted octanol–water partition coefficient (Wildman–Crippen LogP) is 3.52. The van der Waals surface area contributed by atoms with Crippen molar-refractivity contribution in [1.82, 2.24) is 30.4 Å². The molecule has 8 heterocycles. The Morgan fingerprint density at radius 3 is 1.41 bits per heavy atom. The number of nitrogens with zero attached hydrogens (tertiary/aromatic N) is 9. The molecule has 0 spiro atoms. The second-order valence-electron chi connectivity index (χ2n) is 19.2. The van der Waals surface area contributed by atoms with E-state index in [4.69, 9.17) is 16.6 Å². The van der Waals surface area contributed by atoms with Crippen molar-refractivity contribution in [2.24, 2.45) is 0 Å². The Labute approximate surface area is 424 Å². The minimum atomic E-state index is -0.504. The number of nitrogen functional groups attached to an aromatic ring is 1. The van der Waals surface area contributed by atoms with Gasteiger partial charge in [0.25, 0.3) is 0 Å². The van der Waals surface area contributed by atoms with Gasteiger partial charge in [-0.15, -0.1) is 0 Å². The summed E-state index contributed by atoms with van der Waals surface area (Å²) in [5, 5.41) is 39.0. The third kappa shape index (κ3) is 11.7. The lowest BCUT2D eigenvalue weighted by Gasteiger charge is -2.49. The number of pyridine rings is 2. The molecule has 6 aliphatic rings. The van der Waals surface area contributed by atoms with Crippen molar-refractivity contribution in [3.05, 3.63) is 94.3 Å². The van der Waals surface area contributed by atoms with E-state index in [1.165, 1.54) is 6.07 Å². The quantitative estimate of drug-likeness (QED) is 0.0437. The van der Waals surface area contributed by atoms with Gasteiger partial charge in [-0.3, -0.25) is 39.6 Å². The van der Waals surface area contributed by atoms with Crippen molar-refractivity contribution in [2.45, 2.75) is 71.1 Å². The van der Waals surface area contributed by atoms with Gasteiger partial charge in [-0.05, 0) is 79.1 Å². The maximum atomic E-state index is 12.3. The van der Waals surface area contributed by atoms with Gasteiger partial charge in [0.2, 0.25) is 23.6 Å². The number of nitrogens with one attached hydrogen (secondary N) is 6. The molecular weight excluding hydrogens is 933 g/mol. The van der Waals surface area contributed by atoms with Crippen molar-refractivity contribution < 1.29 is 24.1 Å². The van der Waals surface area contributed by atoms with E-state index in [9.17, 15) is 29.3 Å². The number of nitro groups is 1. The molecule has 0 bridgehead atoms. The molecule has 2 atom stereocenters. The third-order valence-electron chi connectivity index (χ3n) is 14.5. The molecule has 2 unspecified atom stereocenters. The summed E-state index contributed by atoms with van der Waals surface area (Å²) < 4.78 is 0. The number of nitrogens with two attached hydrogens (primary N) is 1. The van der Waals surface area contributed by atoms with Crippen molar-refractivity contribution in [1.29, 1.82) is 10.8 Å². The Morgan fingerprint density at radius 2 is 1.05 bits per heavy atom. The zero-order valence-electron chi connectivity index (χ0n) is 40.6. The summed E-state index contributed by atoms with van der Waals surface area (Å²) >= 11 is 0. The number of aromatic nitrogens is 2. The standard InChI is InChI=1S/C25H30N8O4.C25H32N8O2.CH4/c1-16(26)24-19(28-20-6-8-23(34)29-25(20)35)3-2-4-21(24)31-11-9-30(10-12-31)18-14-32(15-18)17-5-7-22(27-13-17)33(36)37;1-16(26)24-19(29-20-6-8-23(34)30-25(20)35)3-2-4-21(24)32-11-9-31(10-12-32)18-14-33(15-18)17-5-7-22(27)28-13-17;/h2-5,7,13,18,20,26,28H,6,8-12,14-15H2,1H3,(H,29,34,35);2-5,7,13,18,20,26,29H,6,8-12,14-15H2,1H3,(H2,27,28)(H,30,34,35);1H4. The fraction of sp³-hybridized carbons (Fsp3) is 0.451. The number of piperidine rings is 2. The van der Waals surface area contributed by atoms with Crippen molar-refractivity contribution >= 4 is 80.8 Å². The van der Waals surface area contributed by atoms with Crippen LogP contribution in [-0.4, -0.2) is 162 Å². The summed E-state index contributed by atoms with van der Waals surface area (Å²) in [5.41, 5.74) is 13.6. The topological polar surface area (TPSA) is 278 Å². The molecule has 0 radical (unpaired) electrons. The number of amides is 4. The van der Waals surface area contributed by atoms with Crippen LogP contribution in [0.4, 0.5) is 45.8 Å². The first-order valence-corrected chi connectivity index (χ1v) is 24.6. The van der Waals surface area contributed by atoms with E-state index in [-0.39, 0.29) is 36.9 Å². The van der Waals surface area contributed by atoms with Gasteiger partial charge in [0.05, 0.1) is 17.6 Å². The first-order valence-electron chi connectivity index (χ1n) is 24.6. The SMILES string of the molecule is C.CC(=N)c1c(NC2CCC(=O)NC2=O)cccc1N1CCN(C2CN(c3ccc(N)nc3)C2)CC1.CC(=N)c1c(NC2CCC(=O)NC2=O)cccc1N1CCN(C2CN(c3ccc([N+](=O)[O-])nc3)C2)CC1. The van der Waals surface area contributed by atoms with Gasteiger partial charge in [-0.2, -0.15) is 0 Å². The molecule has 22 heteroatoms.